The van der Waals surface area contributed by atoms with Crippen molar-refractivity contribution >= 4 is 43.5 Å². The highest BCUT2D eigenvalue weighted by molar-refractivity contribution is 9.10. The molecule has 0 spiro atoms. The van der Waals surface area contributed by atoms with E-state index >= 15 is 0 Å². The van der Waals surface area contributed by atoms with Crippen molar-refractivity contribution < 1.29 is 4.79 Å². The normalized spacial score (nSPS) is 12.2. The molecule has 1 aromatic carbocycles. The third-order valence-corrected chi connectivity index (χ3v) is 3.40. The van der Waals surface area contributed by atoms with Gasteiger partial charge in [0.05, 0.1) is 10.7 Å². The van der Waals surface area contributed by atoms with Gasteiger partial charge in [-0.1, -0.05) is 15.9 Å². The van der Waals surface area contributed by atoms with Crippen molar-refractivity contribution in [3.05, 3.63) is 45.6 Å². The van der Waals surface area contributed by atoms with Crippen molar-refractivity contribution in [1.82, 2.24) is 9.78 Å². The molecule has 94 valence electrons. The van der Waals surface area contributed by atoms with E-state index in [1.165, 1.54) is 0 Å². The Morgan fingerprint density at radius 3 is 2.50 bits per heavy atom. The lowest BCUT2D eigenvalue weighted by Gasteiger charge is -2.12. The SMILES string of the molecule is C[C@H](C(=O)Nc1ccc(Br)cc1)n1cc(Br)cn1. The number of benzene rings is 1. The molecule has 1 heterocycles. The lowest BCUT2D eigenvalue weighted by molar-refractivity contribution is -0.119. The zero-order valence-corrected chi connectivity index (χ0v) is 12.8. The van der Waals surface area contributed by atoms with Crippen LogP contribution in [0.3, 0.4) is 0 Å². The fourth-order valence-electron chi connectivity index (χ4n) is 1.43. The summed E-state index contributed by atoms with van der Waals surface area (Å²) < 4.78 is 3.44. The second-order valence-corrected chi connectivity index (χ2v) is 5.64. The van der Waals surface area contributed by atoms with E-state index in [1.54, 1.807) is 24.0 Å². The van der Waals surface area contributed by atoms with Gasteiger partial charge in [0.25, 0.3) is 0 Å². The molecule has 0 aliphatic rings. The first-order valence-electron chi connectivity index (χ1n) is 5.32. The minimum absolute atomic E-state index is 0.104. The van der Waals surface area contributed by atoms with Crippen LogP contribution in [0.5, 0.6) is 0 Å². The standard InChI is InChI=1S/C12H11Br2N3O/c1-8(17-7-10(14)6-15-17)12(18)16-11-4-2-9(13)3-5-11/h2-8H,1H3,(H,16,18)/t8-/m1/s1. The number of amides is 1. The van der Waals surface area contributed by atoms with E-state index in [4.69, 9.17) is 0 Å². The average molecular weight is 373 g/mol. The third-order valence-electron chi connectivity index (χ3n) is 2.46. The predicted octanol–water partition coefficient (Wildman–Crippen LogP) is 3.61. The summed E-state index contributed by atoms with van der Waals surface area (Å²) in [5, 5.41) is 6.93. The Balaban J connectivity index is 2.05. The van der Waals surface area contributed by atoms with Crippen LogP contribution in [-0.4, -0.2) is 15.7 Å². The Bertz CT molecular complexity index is 551. The van der Waals surface area contributed by atoms with Crippen LogP contribution in [0.4, 0.5) is 5.69 Å². The van der Waals surface area contributed by atoms with Crippen LogP contribution in [0.25, 0.3) is 0 Å². The lowest BCUT2D eigenvalue weighted by Crippen LogP contribution is -2.23. The number of halogens is 2. The Morgan fingerprint density at radius 2 is 1.94 bits per heavy atom. The van der Waals surface area contributed by atoms with Gasteiger partial charge in [-0.3, -0.25) is 9.48 Å². The molecule has 0 bridgehead atoms. The zero-order valence-electron chi connectivity index (χ0n) is 9.60. The van der Waals surface area contributed by atoms with Crippen LogP contribution in [0.1, 0.15) is 13.0 Å². The van der Waals surface area contributed by atoms with Crippen LogP contribution in [0, 0.1) is 0 Å². The van der Waals surface area contributed by atoms with Crippen molar-refractivity contribution in [2.75, 3.05) is 5.32 Å². The van der Waals surface area contributed by atoms with E-state index in [0.29, 0.717) is 0 Å². The highest BCUT2D eigenvalue weighted by atomic mass is 79.9. The molecule has 0 aliphatic carbocycles. The Hall–Kier alpha value is -1.14. The highest BCUT2D eigenvalue weighted by Gasteiger charge is 2.15. The average Bonchev–Trinajstić information content (AvgIpc) is 2.78. The number of hydrogen-bond donors (Lipinski definition) is 1. The topological polar surface area (TPSA) is 46.9 Å². The molecule has 0 fully saturated rings. The Kier molecular flexibility index (Phi) is 4.19. The number of aromatic nitrogens is 2. The van der Waals surface area contributed by atoms with Gasteiger partial charge in [0.1, 0.15) is 6.04 Å². The monoisotopic (exact) mass is 371 g/mol. The molecule has 1 aromatic heterocycles. The molecule has 0 saturated heterocycles. The van der Waals surface area contributed by atoms with Gasteiger partial charge in [0.2, 0.25) is 5.91 Å². The quantitative estimate of drug-likeness (QED) is 0.894. The maximum atomic E-state index is 12.0. The molecular formula is C12H11Br2N3O. The van der Waals surface area contributed by atoms with Gasteiger partial charge in [-0.2, -0.15) is 5.10 Å². The van der Waals surface area contributed by atoms with E-state index in [0.717, 1.165) is 14.6 Å². The van der Waals surface area contributed by atoms with Gasteiger partial charge in [-0.05, 0) is 47.1 Å². The summed E-state index contributed by atoms with van der Waals surface area (Å²) >= 11 is 6.65. The predicted molar refractivity (Wildman–Crippen MR) is 77.4 cm³/mol. The minimum Gasteiger partial charge on any atom is -0.324 e. The van der Waals surface area contributed by atoms with Crippen molar-refractivity contribution in [3.63, 3.8) is 0 Å². The van der Waals surface area contributed by atoms with Gasteiger partial charge < -0.3 is 5.32 Å². The van der Waals surface area contributed by atoms with Gasteiger partial charge in [-0.15, -0.1) is 0 Å². The summed E-state index contributed by atoms with van der Waals surface area (Å²) in [7, 11) is 0. The number of carbonyl (C=O) groups excluding carboxylic acids is 1. The first-order valence-corrected chi connectivity index (χ1v) is 6.91. The van der Waals surface area contributed by atoms with Gasteiger partial charge in [-0.25, -0.2) is 0 Å². The van der Waals surface area contributed by atoms with Gasteiger partial charge in [0.15, 0.2) is 0 Å². The molecule has 6 heteroatoms. The molecule has 4 nitrogen and oxygen atoms in total. The highest BCUT2D eigenvalue weighted by Crippen LogP contribution is 2.17. The second-order valence-electron chi connectivity index (χ2n) is 3.81. The molecule has 0 saturated carbocycles. The summed E-state index contributed by atoms with van der Waals surface area (Å²) in [5.74, 6) is -0.104. The molecule has 2 rings (SSSR count). The summed E-state index contributed by atoms with van der Waals surface area (Å²) in [6, 6.07) is 7.08. The van der Waals surface area contributed by atoms with Gasteiger partial charge in [0, 0.05) is 16.4 Å². The van der Waals surface area contributed by atoms with Crippen LogP contribution in [-0.2, 0) is 4.79 Å². The molecule has 0 unspecified atom stereocenters. The second kappa shape index (κ2) is 5.67. The molecule has 1 N–H and O–H groups in total. The van der Waals surface area contributed by atoms with E-state index in [-0.39, 0.29) is 11.9 Å². The first-order chi connectivity index (χ1) is 8.56. The number of nitrogens with zero attached hydrogens (tertiary/aromatic N) is 2. The number of nitrogens with one attached hydrogen (secondary N) is 1. The summed E-state index contributed by atoms with van der Waals surface area (Å²) in [5.41, 5.74) is 0.765. The lowest BCUT2D eigenvalue weighted by atomic mass is 10.3. The van der Waals surface area contributed by atoms with Crippen LogP contribution < -0.4 is 5.32 Å². The Labute approximate surface area is 122 Å². The molecule has 18 heavy (non-hydrogen) atoms. The summed E-state index contributed by atoms with van der Waals surface area (Å²) in [6.45, 7) is 1.80. The maximum Gasteiger partial charge on any atom is 0.248 e. The molecule has 0 aliphatic heterocycles. The van der Waals surface area contributed by atoms with E-state index in [2.05, 4.69) is 42.3 Å². The number of rotatable bonds is 3. The summed E-state index contributed by atoms with van der Waals surface area (Å²) in [6.07, 6.45) is 3.43. The maximum absolute atomic E-state index is 12.0. The van der Waals surface area contributed by atoms with E-state index in [1.807, 2.05) is 24.3 Å². The molecular weight excluding hydrogens is 362 g/mol. The minimum atomic E-state index is -0.361. The van der Waals surface area contributed by atoms with Crippen molar-refractivity contribution in [2.24, 2.45) is 0 Å². The zero-order chi connectivity index (χ0) is 13.1. The number of hydrogen-bond acceptors (Lipinski definition) is 2. The van der Waals surface area contributed by atoms with Crippen molar-refractivity contribution in [2.45, 2.75) is 13.0 Å². The van der Waals surface area contributed by atoms with Crippen LogP contribution >= 0.6 is 31.9 Å². The largest absolute Gasteiger partial charge is 0.324 e. The number of anilines is 1. The first kappa shape index (κ1) is 13.3. The molecule has 1 atom stereocenters. The van der Waals surface area contributed by atoms with Crippen molar-refractivity contribution in [1.29, 1.82) is 0 Å². The third kappa shape index (κ3) is 3.20. The summed E-state index contributed by atoms with van der Waals surface area (Å²) in [4.78, 5) is 12.0. The van der Waals surface area contributed by atoms with E-state index < -0.39 is 0 Å². The van der Waals surface area contributed by atoms with Crippen molar-refractivity contribution in [3.8, 4) is 0 Å². The van der Waals surface area contributed by atoms with Crippen LogP contribution in [0.15, 0.2) is 45.6 Å². The van der Waals surface area contributed by atoms with Crippen LogP contribution in [0.2, 0.25) is 0 Å². The fraction of sp³-hybridized carbons (Fsp3) is 0.167. The molecule has 1 amide bonds. The van der Waals surface area contributed by atoms with Gasteiger partial charge >= 0.3 is 0 Å². The molecule has 0 radical (unpaired) electrons. The smallest absolute Gasteiger partial charge is 0.248 e. The number of carbonyl (C=O) groups is 1. The van der Waals surface area contributed by atoms with E-state index in [9.17, 15) is 4.79 Å². The fourth-order valence-corrected chi connectivity index (χ4v) is 1.99. The Morgan fingerprint density at radius 1 is 1.28 bits per heavy atom. The molecule has 2 aromatic rings.